The van der Waals surface area contributed by atoms with Gasteiger partial charge in [0.25, 0.3) is 5.91 Å². The highest BCUT2D eigenvalue weighted by Crippen LogP contribution is 2.46. The number of halogens is 1. The molecule has 1 saturated heterocycles. The molecule has 0 aliphatic carbocycles. The Morgan fingerprint density at radius 2 is 1.87 bits per heavy atom. The molecule has 6 heteroatoms. The molecule has 0 unspecified atom stereocenters. The van der Waals surface area contributed by atoms with Crippen molar-refractivity contribution in [2.45, 2.75) is 57.6 Å². The number of aliphatic hydroxyl groups is 1. The smallest absolute Gasteiger partial charge is 0.253 e. The average Bonchev–Trinajstić information content (AvgIpc) is 2.98. The molecule has 2 atom stereocenters. The van der Waals surface area contributed by atoms with Crippen LogP contribution in [0.2, 0.25) is 5.02 Å². The highest BCUT2D eigenvalue weighted by molar-refractivity contribution is 6.33. The molecular weight excluding hydrogens is 508 g/mol. The topological polar surface area (TPSA) is 75.8 Å². The maximum atomic E-state index is 13.5. The van der Waals surface area contributed by atoms with Crippen molar-refractivity contribution < 1.29 is 14.6 Å². The Kier molecular flexibility index (Phi) is 10.2. The molecular formula is C33H41ClN2O3. The highest BCUT2D eigenvalue weighted by atomic mass is 35.5. The molecule has 3 N–H and O–H groups in total. The summed E-state index contributed by atoms with van der Waals surface area (Å²) in [6.07, 6.45) is 4.80. The zero-order valence-corrected chi connectivity index (χ0v) is 23.9. The number of carbonyl (C=O) groups excluding carboxylic acids is 1. The van der Waals surface area contributed by atoms with Gasteiger partial charge < -0.3 is 20.5 Å². The van der Waals surface area contributed by atoms with Gasteiger partial charge in [-0.1, -0.05) is 67.1 Å². The fraction of sp³-hybridized carbons (Fsp3) is 0.424. The number of methoxy groups -OCH3 is 1. The van der Waals surface area contributed by atoms with Crippen LogP contribution in [0.4, 0.5) is 0 Å². The zero-order valence-electron chi connectivity index (χ0n) is 23.2. The van der Waals surface area contributed by atoms with Crippen LogP contribution in [-0.4, -0.2) is 42.7 Å². The lowest BCUT2D eigenvalue weighted by Gasteiger charge is -2.44. The Bertz CT molecular complexity index is 1250. The van der Waals surface area contributed by atoms with Crippen molar-refractivity contribution >= 4 is 17.5 Å². The molecule has 1 aliphatic heterocycles. The number of likely N-dealkylation sites (tertiary alicyclic amines) is 1. The molecule has 0 radical (unpaired) electrons. The number of rotatable bonds is 11. The lowest BCUT2D eigenvalue weighted by Crippen LogP contribution is -2.48. The minimum Gasteiger partial charge on any atom is -0.385 e. The summed E-state index contributed by atoms with van der Waals surface area (Å²) in [5.41, 5.74) is 10.2. The molecule has 0 aromatic heterocycles. The van der Waals surface area contributed by atoms with E-state index in [4.69, 9.17) is 22.1 Å². The van der Waals surface area contributed by atoms with Gasteiger partial charge in [0.15, 0.2) is 0 Å². The SMILES string of the molecule is CCc1cccc(-c2c(Cl)cccc2[C@](O)(CCCCOC)[C@@H]2CCCN(C(=O)c3ccc(CN)cc3)C2)c1. The molecule has 3 aromatic carbocycles. The van der Waals surface area contributed by atoms with E-state index in [1.165, 1.54) is 5.56 Å². The third-order valence-corrected chi connectivity index (χ3v) is 8.40. The first-order valence-corrected chi connectivity index (χ1v) is 14.5. The standard InChI is InChI=1S/C33H41ClN2O3/c1-3-24-9-6-10-27(21-24)31-29(12-7-13-30(31)34)33(38,18-4-5-20-39-2)28-11-8-19-36(23-28)32(37)26-16-14-25(22-35)15-17-26/h6-7,9-10,12-17,21,28,38H,3-5,8,11,18-20,22-23,35H2,1-2H3/t28-,33+/m1/s1. The van der Waals surface area contributed by atoms with Crippen LogP contribution in [0.25, 0.3) is 11.1 Å². The first kappa shape index (κ1) is 29.3. The van der Waals surface area contributed by atoms with Crippen molar-refractivity contribution in [1.82, 2.24) is 4.90 Å². The van der Waals surface area contributed by atoms with Gasteiger partial charge in [-0.25, -0.2) is 0 Å². The maximum Gasteiger partial charge on any atom is 0.253 e. The Labute approximate surface area is 237 Å². The first-order chi connectivity index (χ1) is 18.9. The van der Waals surface area contributed by atoms with Gasteiger partial charge in [0, 0.05) is 55.4 Å². The van der Waals surface area contributed by atoms with Crippen molar-refractivity contribution in [3.05, 3.63) is 94.0 Å². The van der Waals surface area contributed by atoms with E-state index < -0.39 is 5.60 Å². The van der Waals surface area contributed by atoms with Crippen molar-refractivity contribution in [3.63, 3.8) is 0 Å². The van der Waals surface area contributed by atoms with Gasteiger partial charge in [0.05, 0.1) is 5.60 Å². The fourth-order valence-corrected chi connectivity index (χ4v) is 6.13. The van der Waals surface area contributed by atoms with E-state index in [0.717, 1.165) is 54.4 Å². The van der Waals surface area contributed by atoms with Crippen LogP contribution in [0.1, 0.15) is 66.1 Å². The molecule has 1 fully saturated rings. The van der Waals surface area contributed by atoms with Gasteiger partial charge in [-0.3, -0.25) is 4.79 Å². The summed E-state index contributed by atoms with van der Waals surface area (Å²) in [4.78, 5) is 15.4. The summed E-state index contributed by atoms with van der Waals surface area (Å²) in [5.74, 6) is -0.139. The molecule has 0 saturated carbocycles. The van der Waals surface area contributed by atoms with E-state index in [2.05, 4.69) is 31.2 Å². The third kappa shape index (κ3) is 6.72. The second-order valence-electron chi connectivity index (χ2n) is 10.6. The first-order valence-electron chi connectivity index (χ1n) is 14.1. The van der Waals surface area contributed by atoms with E-state index in [1.54, 1.807) is 7.11 Å². The molecule has 3 aromatic rings. The summed E-state index contributed by atoms with van der Waals surface area (Å²) in [5, 5.41) is 13.3. The number of hydrogen-bond acceptors (Lipinski definition) is 4. The maximum absolute atomic E-state index is 13.5. The molecule has 1 aliphatic rings. The summed E-state index contributed by atoms with van der Waals surface area (Å²) in [7, 11) is 1.70. The number of benzene rings is 3. The molecule has 5 nitrogen and oxygen atoms in total. The second kappa shape index (κ2) is 13.6. The molecule has 208 valence electrons. The zero-order chi connectivity index (χ0) is 27.8. The van der Waals surface area contributed by atoms with Crippen LogP contribution in [0, 0.1) is 5.92 Å². The van der Waals surface area contributed by atoms with Crippen molar-refractivity contribution in [3.8, 4) is 11.1 Å². The van der Waals surface area contributed by atoms with Crippen LogP contribution in [-0.2, 0) is 23.3 Å². The number of carbonyl (C=O) groups is 1. The predicted molar refractivity (Wildman–Crippen MR) is 159 cm³/mol. The lowest BCUT2D eigenvalue weighted by atomic mass is 9.72. The van der Waals surface area contributed by atoms with Gasteiger partial charge in [-0.05, 0) is 79.0 Å². The van der Waals surface area contributed by atoms with Gasteiger partial charge in [-0.2, -0.15) is 0 Å². The van der Waals surface area contributed by atoms with Crippen molar-refractivity contribution in [2.75, 3.05) is 26.8 Å². The van der Waals surface area contributed by atoms with E-state index in [0.29, 0.717) is 43.2 Å². The molecule has 1 amide bonds. The van der Waals surface area contributed by atoms with Crippen molar-refractivity contribution in [2.24, 2.45) is 11.7 Å². The van der Waals surface area contributed by atoms with E-state index in [9.17, 15) is 9.90 Å². The minimum atomic E-state index is -1.15. The highest BCUT2D eigenvalue weighted by Gasteiger charge is 2.43. The molecule has 0 bridgehead atoms. The summed E-state index contributed by atoms with van der Waals surface area (Å²) in [6, 6.07) is 21.7. The minimum absolute atomic E-state index is 0.00744. The number of hydrogen-bond donors (Lipinski definition) is 2. The summed E-state index contributed by atoms with van der Waals surface area (Å²) >= 11 is 6.87. The number of aryl methyl sites for hydroxylation is 1. The van der Waals surface area contributed by atoms with Gasteiger partial charge in [0.2, 0.25) is 0 Å². The average molecular weight is 549 g/mol. The number of amides is 1. The summed E-state index contributed by atoms with van der Waals surface area (Å²) < 4.78 is 5.30. The van der Waals surface area contributed by atoms with E-state index in [1.807, 2.05) is 47.4 Å². The summed E-state index contributed by atoms with van der Waals surface area (Å²) in [6.45, 7) is 4.38. The Hall–Kier alpha value is -2.70. The number of nitrogens with zero attached hydrogens (tertiary/aromatic N) is 1. The van der Waals surface area contributed by atoms with Crippen molar-refractivity contribution in [1.29, 1.82) is 0 Å². The molecule has 4 rings (SSSR count). The monoisotopic (exact) mass is 548 g/mol. The second-order valence-corrected chi connectivity index (χ2v) is 11.0. The van der Waals surface area contributed by atoms with Gasteiger partial charge in [-0.15, -0.1) is 0 Å². The van der Waals surface area contributed by atoms with Gasteiger partial charge in [0.1, 0.15) is 0 Å². The van der Waals surface area contributed by atoms with E-state index in [-0.39, 0.29) is 11.8 Å². The van der Waals surface area contributed by atoms with Crippen LogP contribution in [0.3, 0.4) is 0 Å². The number of piperidine rings is 1. The Balaban J connectivity index is 1.71. The third-order valence-electron chi connectivity index (χ3n) is 8.08. The van der Waals surface area contributed by atoms with Gasteiger partial charge >= 0.3 is 0 Å². The van der Waals surface area contributed by atoms with Crippen LogP contribution in [0.15, 0.2) is 66.7 Å². The number of nitrogens with two attached hydrogens (primary N) is 1. The molecule has 39 heavy (non-hydrogen) atoms. The predicted octanol–water partition coefficient (Wildman–Crippen LogP) is 6.58. The fourth-order valence-electron chi connectivity index (χ4n) is 5.84. The largest absolute Gasteiger partial charge is 0.385 e. The Morgan fingerprint density at radius 3 is 2.59 bits per heavy atom. The van der Waals surface area contributed by atoms with E-state index >= 15 is 0 Å². The van der Waals surface area contributed by atoms with Crippen LogP contribution in [0.5, 0.6) is 0 Å². The van der Waals surface area contributed by atoms with Crippen LogP contribution < -0.4 is 5.73 Å². The molecule has 1 heterocycles. The lowest BCUT2D eigenvalue weighted by molar-refractivity contribution is -0.0574. The quantitative estimate of drug-likeness (QED) is 0.265. The number of unbranched alkanes of at least 4 members (excludes halogenated alkanes) is 1. The number of ether oxygens (including phenoxy) is 1. The molecule has 0 spiro atoms. The normalized spacial score (nSPS) is 17.2. The van der Waals surface area contributed by atoms with Crippen LogP contribution >= 0.6 is 11.6 Å². The Morgan fingerprint density at radius 1 is 1.10 bits per heavy atom.